The molecule has 0 aliphatic carbocycles. The highest BCUT2D eigenvalue weighted by molar-refractivity contribution is 7.89. The quantitative estimate of drug-likeness (QED) is 0.705. The summed E-state index contributed by atoms with van der Waals surface area (Å²) in [6.45, 7) is 2.22. The highest BCUT2D eigenvalue weighted by atomic mass is 32.2. The van der Waals surface area contributed by atoms with E-state index in [-0.39, 0.29) is 16.3 Å². The van der Waals surface area contributed by atoms with E-state index in [2.05, 4.69) is 4.90 Å². The molecule has 26 heavy (non-hydrogen) atoms. The highest BCUT2D eigenvalue weighted by Crippen LogP contribution is 2.29. The summed E-state index contributed by atoms with van der Waals surface area (Å²) in [7, 11) is -1.01. The zero-order valence-electron chi connectivity index (χ0n) is 14.8. The minimum atomic E-state index is -3.80. The number of rotatable bonds is 6. The smallest absolute Gasteiger partial charge is 0.349 e. The van der Waals surface area contributed by atoms with Gasteiger partial charge in [0.15, 0.2) is 0 Å². The molecule has 1 aliphatic heterocycles. The second-order valence-electron chi connectivity index (χ2n) is 6.19. The van der Waals surface area contributed by atoms with Crippen molar-refractivity contribution in [2.75, 3.05) is 32.1 Å². The average molecular weight is 395 g/mol. The number of carbonyl (C=O) groups is 1. The van der Waals surface area contributed by atoms with Gasteiger partial charge < -0.3 is 9.64 Å². The molecule has 2 aromatic rings. The first-order valence-electron chi connectivity index (χ1n) is 8.40. The van der Waals surface area contributed by atoms with Crippen LogP contribution in [0.3, 0.4) is 0 Å². The summed E-state index contributed by atoms with van der Waals surface area (Å²) in [5, 5.41) is 1.59. The molecule has 6 nitrogen and oxygen atoms in total. The fourth-order valence-electron chi connectivity index (χ4n) is 3.15. The molecule has 2 heterocycles. The molecule has 0 radical (unpaired) electrons. The topological polar surface area (TPSA) is 66.9 Å². The SMILES string of the molecule is COC(=O)c1sccc1S(=O)(=O)N(C)Cc1ccccc1N1CCCC1. The molecule has 0 atom stereocenters. The molecule has 1 aromatic heterocycles. The van der Waals surface area contributed by atoms with Crippen molar-refractivity contribution in [1.29, 1.82) is 0 Å². The maximum Gasteiger partial charge on any atom is 0.349 e. The number of carbonyl (C=O) groups excluding carboxylic acids is 1. The first kappa shape index (κ1) is 18.9. The van der Waals surface area contributed by atoms with Gasteiger partial charge in [0.1, 0.15) is 9.77 Å². The minimum absolute atomic E-state index is 0.00416. The van der Waals surface area contributed by atoms with E-state index < -0.39 is 16.0 Å². The van der Waals surface area contributed by atoms with Crippen molar-refractivity contribution in [3.8, 4) is 0 Å². The van der Waals surface area contributed by atoms with Crippen molar-refractivity contribution in [2.45, 2.75) is 24.3 Å². The number of benzene rings is 1. The van der Waals surface area contributed by atoms with Gasteiger partial charge in [-0.1, -0.05) is 18.2 Å². The fourth-order valence-corrected chi connectivity index (χ4v) is 5.60. The van der Waals surface area contributed by atoms with Crippen molar-refractivity contribution in [3.05, 3.63) is 46.2 Å². The lowest BCUT2D eigenvalue weighted by molar-refractivity contribution is 0.0602. The third-order valence-electron chi connectivity index (χ3n) is 4.52. The molecule has 0 spiro atoms. The zero-order chi connectivity index (χ0) is 18.7. The van der Waals surface area contributed by atoms with Crippen molar-refractivity contribution >= 4 is 33.0 Å². The van der Waals surface area contributed by atoms with Gasteiger partial charge in [-0.05, 0) is 35.9 Å². The highest BCUT2D eigenvalue weighted by Gasteiger charge is 2.29. The Bertz CT molecular complexity index is 886. The molecule has 1 saturated heterocycles. The van der Waals surface area contributed by atoms with Crippen LogP contribution in [-0.4, -0.2) is 45.9 Å². The summed E-state index contributed by atoms with van der Waals surface area (Å²) in [5.41, 5.74) is 2.03. The first-order chi connectivity index (χ1) is 12.4. The van der Waals surface area contributed by atoms with Crippen LogP contribution in [0.25, 0.3) is 0 Å². The number of sulfonamides is 1. The van der Waals surface area contributed by atoms with Gasteiger partial charge in [-0.3, -0.25) is 0 Å². The van der Waals surface area contributed by atoms with E-state index in [9.17, 15) is 13.2 Å². The molecule has 0 saturated carbocycles. The predicted molar refractivity (Wildman–Crippen MR) is 102 cm³/mol. The molecule has 0 amide bonds. The Morgan fingerprint density at radius 2 is 1.92 bits per heavy atom. The Morgan fingerprint density at radius 3 is 2.62 bits per heavy atom. The molecule has 0 N–H and O–H groups in total. The lowest BCUT2D eigenvalue weighted by atomic mass is 10.1. The van der Waals surface area contributed by atoms with Crippen LogP contribution in [0.5, 0.6) is 0 Å². The molecule has 1 fully saturated rings. The van der Waals surface area contributed by atoms with Crippen LogP contribution in [0.2, 0.25) is 0 Å². The van der Waals surface area contributed by atoms with Gasteiger partial charge >= 0.3 is 5.97 Å². The van der Waals surface area contributed by atoms with Gasteiger partial charge in [0.05, 0.1) is 7.11 Å². The van der Waals surface area contributed by atoms with Crippen LogP contribution in [-0.2, 0) is 21.3 Å². The van der Waals surface area contributed by atoms with Crippen LogP contribution >= 0.6 is 11.3 Å². The number of para-hydroxylation sites is 1. The average Bonchev–Trinajstić information content (AvgIpc) is 3.33. The van der Waals surface area contributed by atoms with Crippen LogP contribution < -0.4 is 4.90 Å². The lowest BCUT2D eigenvalue weighted by Gasteiger charge is -2.24. The van der Waals surface area contributed by atoms with E-state index in [1.165, 1.54) is 24.5 Å². The summed E-state index contributed by atoms with van der Waals surface area (Å²) < 4.78 is 32.0. The fraction of sp³-hybridized carbons (Fsp3) is 0.389. The predicted octanol–water partition coefficient (Wildman–Crippen LogP) is 2.96. The summed E-state index contributed by atoms with van der Waals surface area (Å²) in [6.07, 6.45) is 2.31. The number of hydrogen-bond acceptors (Lipinski definition) is 6. The van der Waals surface area contributed by atoms with Crippen LogP contribution in [0.4, 0.5) is 5.69 Å². The van der Waals surface area contributed by atoms with E-state index in [0.29, 0.717) is 0 Å². The Balaban J connectivity index is 1.87. The number of hydrogen-bond donors (Lipinski definition) is 0. The second kappa shape index (κ2) is 7.77. The van der Waals surface area contributed by atoms with Crippen molar-refractivity contribution in [2.24, 2.45) is 0 Å². The van der Waals surface area contributed by atoms with E-state index >= 15 is 0 Å². The van der Waals surface area contributed by atoms with Gasteiger partial charge in [-0.25, -0.2) is 13.2 Å². The van der Waals surface area contributed by atoms with Gasteiger partial charge in [0.2, 0.25) is 10.0 Å². The number of thiophene rings is 1. The molecule has 3 rings (SSSR count). The Kier molecular flexibility index (Phi) is 5.64. The third kappa shape index (κ3) is 3.62. The number of nitrogens with zero attached hydrogens (tertiary/aromatic N) is 2. The standard InChI is InChI=1S/C18H22N2O4S2/c1-19(26(22,23)16-9-12-25-17(16)18(21)24-2)13-14-7-3-4-8-15(14)20-10-5-6-11-20/h3-4,7-9,12H,5-6,10-11,13H2,1-2H3. The van der Waals surface area contributed by atoms with E-state index in [4.69, 9.17) is 4.74 Å². The first-order valence-corrected chi connectivity index (χ1v) is 10.7. The van der Waals surface area contributed by atoms with Crippen molar-refractivity contribution in [3.63, 3.8) is 0 Å². The Labute approximate surface area is 158 Å². The maximum atomic E-state index is 13.0. The summed E-state index contributed by atoms with van der Waals surface area (Å²) in [5.74, 6) is -0.635. The molecule has 1 aromatic carbocycles. The van der Waals surface area contributed by atoms with E-state index in [1.54, 1.807) is 5.38 Å². The molecular formula is C18H22N2O4S2. The molecule has 0 unspecified atom stereocenters. The molecule has 140 valence electrons. The molecular weight excluding hydrogens is 372 g/mol. The normalized spacial score (nSPS) is 14.8. The molecule has 1 aliphatic rings. The summed E-state index contributed by atoms with van der Waals surface area (Å²) >= 11 is 1.07. The second-order valence-corrected chi connectivity index (χ2v) is 9.12. The number of esters is 1. The largest absolute Gasteiger partial charge is 0.465 e. The molecule has 0 bridgehead atoms. The number of methoxy groups -OCH3 is 1. The van der Waals surface area contributed by atoms with Crippen LogP contribution in [0.15, 0.2) is 40.6 Å². The van der Waals surface area contributed by atoms with Crippen molar-refractivity contribution < 1.29 is 17.9 Å². The third-order valence-corrected chi connectivity index (χ3v) is 7.39. The van der Waals surface area contributed by atoms with E-state index in [0.717, 1.165) is 48.5 Å². The van der Waals surface area contributed by atoms with Crippen LogP contribution in [0, 0.1) is 0 Å². The molecule has 8 heteroatoms. The van der Waals surface area contributed by atoms with Gasteiger partial charge in [-0.2, -0.15) is 4.31 Å². The Morgan fingerprint density at radius 1 is 1.23 bits per heavy atom. The summed E-state index contributed by atoms with van der Waals surface area (Å²) in [6, 6.07) is 9.33. The van der Waals surface area contributed by atoms with Gasteiger partial charge in [-0.15, -0.1) is 11.3 Å². The Hall–Kier alpha value is -1.90. The number of ether oxygens (including phenoxy) is 1. The van der Waals surface area contributed by atoms with Crippen molar-refractivity contribution in [1.82, 2.24) is 4.31 Å². The van der Waals surface area contributed by atoms with E-state index in [1.807, 2.05) is 24.3 Å². The maximum absolute atomic E-state index is 13.0. The summed E-state index contributed by atoms with van der Waals surface area (Å²) in [4.78, 5) is 14.2. The van der Waals surface area contributed by atoms with Gasteiger partial charge in [0, 0.05) is 32.4 Å². The lowest BCUT2D eigenvalue weighted by Crippen LogP contribution is -2.29. The number of anilines is 1. The monoisotopic (exact) mass is 394 g/mol. The minimum Gasteiger partial charge on any atom is -0.465 e. The zero-order valence-corrected chi connectivity index (χ0v) is 16.5. The van der Waals surface area contributed by atoms with Gasteiger partial charge in [0.25, 0.3) is 0 Å². The van der Waals surface area contributed by atoms with Crippen LogP contribution in [0.1, 0.15) is 28.1 Å².